The van der Waals surface area contributed by atoms with Crippen LogP contribution in [0.4, 0.5) is 0 Å². The summed E-state index contributed by atoms with van der Waals surface area (Å²) in [5, 5.41) is 0. The Morgan fingerprint density at radius 2 is 1.48 bits per heavy atom. The lowest BCUT2D eigenvalue weighted by molar-refractivity contribution is 0.437. The first-order valence-electron chi connectivity index (χ1n) is 9.20. The van der Waals surface area contributed by atoms with Crippen molar-refractivity contribution in [2.45, 2.75) is 44.9 Å². The van der Waals surface area contributed by atoms with Gasteiger partial charge in [0.15, 0.2) is 0 Å². The van der Waals surface area contributed by atoms with Gasteiger partial charge in [-0.25, -0.2) is 0 Å². The molecular formula is C23H23BrS. The second kappa shape index (κ2) is 6.74. The Labute approximate surface area is 163 Å². The van der Waals surface area contributed by atoms with Crippen molar-refractivity contribution in [2.75, 3.05) is 0 Å². The van der Waals surface area contributed by atoms with Crippen LogP contribution in [-0.4, -0.2) is 0 Å². The number of fused-ring (bicyclic) bond motifs is 3. The lowest BCUT2D eigenvalue weighted by Gasteiger charge is -2.33. The molecule has 1 heterocycles. The van der Waals surface area contributed by atoms with E-state index < -0.39 is 0 Å². The number of rotatable bonds is 5. The number of hydrogen-bond donors (Lipinski definition) is 0. The second-order valence-electron chi connectivity index (χ2n) is 6.96. The second-order valence-corrected chi connectivity index (χ2v) is 9.42. The van der Waals surface area contributed by atoms with Gasteiger partial charge in [0.05, 0.1) is 3.79 Å². The highest BCUT2D eigenvalue weighted by molar-refractivity contribution is 9.11. The van der Waals surface area contributed by atoms with Crippen LogP contribution in [0.3, 0.4) is 0 Å². The Bertz CT molecular complexity index is 900. The van der Waals surface area contributed by atoms with Gasteiger partial charge in [-0.1, -0.05) is 69.2 Å². The largest absolute Gasteiger partial charge is 0.128 e. The van der Waals surface area contributed by atoms with Gasteiger partial charge in [0.1, 0.15) is 0 Å². The molecule has 0 nitrogen and oxygen atoms in total. The molecular weight excluding hydrogens is 388 g/mol. The fourth-order valence-corrected chi connectivity index (χ4v) is 6.14. The molecule has 0 spiro atoms. The van der Waals surface area contributed by atoms with Crippen molar-refractivity contribution < 1.29 is 0 Å². The third-order valence-corrected chi connectivity index (χ3v) is 7.12. The summed E-state index contributed by atoms with van der Waals surface area (Å²) in [7, 11) is 0. The molecule has 1 aliphatic carbocycles. The molecule has 2 aromatic carbocycles. The molecule has 128 valence electrons. The van der Waals surface area contributed by atoms with Crippen LogP contribution in [0, 0.1) is 0 Å². The van der Waals surface area contributed by atoms with Crippen LogP contribution in [0.2, 0.25) is 0 Å². The van der Waals surface area contributed by atoms with Gasteiger partial charge in [0, 0.05) is 10.3 Å². The summed E-state index contributed by atoms with van der Waals surface area (Å²) in [6.07, 6.45) is 4.84. The van der Waals surface area contributed by atoms with E-state index in [0.29, 0.717) is 0 Å². The summed E-state index contributed by atoms with van der Waals surface area (Å²) in [4.78, 5) is 1.37. The zero-order valence-corrected chi connectivity index (χ0v) is 17.2. The highest BCUT2D eigenvalue weighted by Crippen LogP contribution is 2.57. The van der Waals surface area contributed by atoms with Crippen molar-refractivity contribution >= 4 is 27.3 Å². The van der Waals surface area contributed by atoms with Gasteiger partial charge in [0.25, 0.3) is 0 Å². The molecule has 0 bridgehead atoms. The van der Waals surface area contributed by atoms with Gasteiger partial charge >= 0.3 is 0 Å². The summed E-state index contributed by atoms with van der Waals surface area (Å²) in [6, 6.07) is 20.4. The van der Waals surface area contributed by atoms with Crippen molar-refractivity contribution in [1.29, 1.82) is 0 Å². The van der Waals surface area contributed by atoms with Crippen molar-refractivity contribution in [2.24, 2.45) is 0 Å². The molecule has 25 heavy (non-hydrogen) atoms. The molecule has 0 amide bonds. The molecule has 1 aliphatic rings. The fraction of sp³-hybridized carbons (Fsp3) is 0.304. The molecule has 2 heteroatoms. The smallest absolute Gasteiger partial charge is 0.0705 e. The summed E-state index contributed by atoms with van der Waals surface area (Å²) in [6.45, 7) is 4.64. The van der Waals surface area contributed by atoms with Crippen LogP contribution < -0.4 is 0 Å². The Kier molecular flexibility index (Phi) is 4.59. The summed E-state index contributed by atoms with van der Waals surface area (Å²) >= 11 is 5.49. The van der Waals surface area contributed by atoms with E-state index in [1.807, 2.05) is 11.3 Å². The number of halogens is 1. The van der Waals surface area contributed by atoms with Crippen LogP contribution in [0.5, 0.6) is 0 Å². The first kappa shape index (κ1) is 17.1. The molecule has 0 N–H and O–H groups in total. The monoisotopic (exact) mass is 410 g/mol. The Hall–Kier alpha value is -1.38. The Morgan fingerprint density at radius 1 is 0.800 bits per heavy atom. The molecule has 0 atom stereocenters. The highest BCUT2D eigenvalue weighted by atomic mass is 79.9. The SMILES string of the molecule is CCCC1(CCC)c2ccccc2-c2cccc(-c3ccc(Br)s3)c21. The van der Waals surface area contributed by atoms with E-state index in [2.05, 4.69) is 84.4 Å². The molecule has 3 aromatic rings. The lowest BCUT2D eigenvalue weighted by atomic mass is 9.70. The van der Waals surface area contributed by atoms with Gasteiger partial charge in [-0.2, -0.15) is 0 Å². The van der Waals surface area contributed by atoms with Gasteiger partial charge in [-0.3, -0.25) is 0 Å². The van der Waals surface area contributed by atoms with Crippen molar-refractivity contribution in [3.05, 3.63) is 69.5 Å². The third-order valence-electron chi connectivity index (χ3n) is 5.47. The zero-order chi connectivity index (χ0) is 17.4. The topological polar surface area (TPSA) is 0 Å². The number of hydrogen-bond acceptors (Lipinski definition) is 1. The minimum Gasteiger partial charge on any atom is -0.128 e. The van der Waals surface area contributed by atoms with E-state index in [-0.39, 0.29) is 5.41 Å². The van der Waals surface area contributed by atoms with E-state index in [9.17, 15) is 0 Å². The Balaban J connectivity index is 2.05. The van der Waals surface area contributed by atoms with Crippen LogP contribution in [0.25, 0.3) is 21.6 Å². The molecule has 0 fully saturated rings. The average molecular weight is 411 g/mol. The molecule has 4 rings (SSSR count). The van der Waals surface area contributed by atoms with Crippen molar-refractivity contribution in [3.8, 4) is 21.6 Å². The summed E-state index contributed by atoms with van der Waals surface area (Å²) in [5.41, 5.74) is 7.57. The summed E-state index contributed by atoms with van der Waals surface area (Å²) < 4.78 is 1.20. The average Bonchev–Trinajstić information content (AvgIpc) is 3.17. The number of benzene rings is 2. The van der Waals surface area contributed by atoms with Gasteiger partial charge in [0.2, 0.25) is 0 Å². The fourth-order valence-electron chi connectivity index (χ4n) is 4.72. The highest BCUT2D eigenvalue weighted by Gasteiger charge is 2.43. The van der Waals surface area contributed by atoms with Crippen LogP contribution in [0.1, 0.15) is 50.7 Å². The first-order valence-corrected chi connectivity index (χ1v) is 10.8. The minimum absolute atomic E-state index is 0.155. The maximum Gasteiger partial charge on any atom is 0.0705 e. The first-order chi connectivity index (χ1) is 12.2. The van der Waals surface area contributed by atoms with Gasteiger partial charge in [-0.15, -0.1) is 11.3 Å². The number of thiophene rings is 1. The molecule has 1 aromatic heterocycles. The van der Waals surface area contributed by atoms with E-state index in [4.69, 9.17) is 0 Å². The maximum atomic E-state index is 3.65. The quantitative estimate of drug-likeness (QED) is 0.398. The minimum atomic E-state index is 0.155. The van der Waals surface area contributed by atoms with Crippen LogP contribution in [-0.2, 0) is 5.41 Å². The normalized spacial score (nSPS) is 14.4. The van der Waals surface area contributed by atoms with Crippen LogP contribution in [0.15, 0.2) is 58.4 Å². The predicted molar refractivity (Wildman–Crippen MR) is 113 cm³/mol. The van der Waals surface area contributed by atoms with E-state index >= 15 is 0 Å². The molecule has 0 radical (unpaired) electrons. The molecule has 0 saturated heterocycles. The lowest BCUT2D eigenvalue weighted by Crippen LogP contribution is -2.25. The van der Waals surface area contributed by atoms with E-state index in [1.54, 1.807) is 5.56 Å². The molecule has 0 saturated carbocycles. The van der Waals surface area contributed by atoms with E-state index in [0.717, 1.165) is 0 Å². The zero-order valence-electron chi connectivity index (χ0n) is 14.8. The summed E-state index contributed by atoms with van der Waals surface area (Å²) in [5.74, 6) is 0. The predicted octanol–water partition coefficient (Wildman–Crippen LogP) is 8.04. The maximum absolute atomic E-state index is 3.65. The Morgan fingerprint density at radius 3 is 2.16 bits per heavy atom. The van der Waals surface area contributed by atoms with Crippen LogP contribution >= 0.6 is 27.3 Å². The standard InChI is InChI=1S/C23H23BrS/c1-3-14-23(15-4-2)19-11-6-5-8-16(19)17-9-7-10-18(22(17)23)20-12-13-21(24)25-20/h5-13H,3-4,14-15H2,1-2H3. The van der Waals surface area contributed by atoms with E-state index in [1.165, 1.54) is 56.6 Å². The van der Waals surface area contributed by atoms with Gasteiger partial charge < -0.3 is 0 Å². The van der Waals surface area contributed by atoms with Crippen molar-refractivity contribution in [1.82, 2.24) is 0 Å². The van der Waals surface area contributed by atoms with Crippen molar-refractivity contribution in [3.63, 3.8) is 0 Å². The third kappa shape index (κ3) is 2.62. The molecule has 0 aliphatic heterocycles. The van der Waals surface area contributed by atoms with Gasteiger partial charge in [-0.05, 0) is 68.7 Å². The molecule has 0 unspecified atom stereocenters.